The number of carbonyl (C=O) groups excluding carboxylic acids is 2. The van der Waals surface area contributed by atoms with Gasteiger partial charge in [-0.3, -0.25) is 4.79 Å². The Hall–Kier alpha value is -3.35. The van der Waals surface area contributed by atoms with Crippen molar-refractivity contribution in [1.82, 2.24) is 10.2 Å². The van der Waals surface area contributed by atoms with Gasteiger partial charge in [0.1, 0.15) is 18.2 Å². The molecule has 7 heteroatoms. The Morgan fingerprint density at radius 1 is 1.00 bits per heavy atom. The molecule has 0 saturated carbocycles. The maximum Gasteiger partial charge on any atom is 0.407 e. The molecule has 0 radical (unpaired) electrons. The smallest absolute Gasteiger partial charge is 0.407 e. The molecular formula is C28H36N2O5. The molecule has 2 N–H and O–H groups in total. The fourth-order valence-electron chi connectivity index (χ4n) is 4.67. The Labute approximate surface area is 207 Å². The molecular weight excluding hydrogens is 444 g/mol. The molecule has 2 aromatic carbocycles. The van der Waals surface area contributed by atoms with Crippen molar-refractivity contribution in [2.45, 2.75) is 65.0 Å². The molecule has 1 aliphatic rings. The second-order valence-electron chi connectivity index (χ2n) is 9.94. The van der Waals surface area contributed by atoms with Crippen LogP contribution < -0.4 is 5.32 Å². The summed E-state index contributed by atoms with van der Waals surface area (Å²) in [6.07, 6.45) is 0.413. The Balaban J connectivity index is 1.74. The SMILES string of the molecule is CCN(C(=O)C(CCC(C)C)NC(=O)OCC1c2ccccc2-c2ccccc21)C(C)(C)C(=O)O. The predicted octanol–water partition coefficient (Wildman–Crippen LogP) is 5.04. The summed E-state index contributed by atoms with van der Waals surface area (Å²) in [4.78, 5) is 39.3. The van der Waals surface area contributed by atoms with Crippen molar-refractivity contribution in [2.24, 2.45) is 5.92 Å². The van der Waals surface area contributed by atoms with Crippen LogP contribution in [0.3, 0.4) is 0 Å². The molecule has 35 heavy (non-hydrogen) atoms. The highest BCUT2D eigenvalue weighted by Crippen LogP contribution is 2.44. The van der Waals surface area contributed by atoms with Crippen molar-refractivity contribution >= 4 is 18.0 Å². The van der Waals surface area contributed by atoms with Crippen LogP contribution in [0.25, 0.3) is 11.1 Å². The average molecular weight is 481 g/mol. The van der Waals surface area contributed by atoms with E-state index in [2.05, 4.69) is 17.4 Å². The summed E-state index contributed by atoms with van der Waals surface area (Å²) in [5, 5.41) is 12.4. The number of carboxylic acid groups (broad SMARTS) is 1. The van der Waals surface area contributed by atoms with E-state index in [9.17, 15) is 19.5 Å². The number of carboxylic acids is 1. The number of hydrogen-bond donors (Lipinski definition) is 2. The first-order valence-corrected chi connectivity index (χ1v) is 12.2. The number of carbonyl (C=O) groups is 3. The highest BCUT2D eigenvalue weighted by Gasteiger charge is 2.40. The van der Waals surface area contributed by atoms with Gasteiger partial charge in [0.2, 0.25) is 5.91 Å². The minimum absolute atomic E-state index is 0.0870. The minimum atomic E-state index is -1.40. The fourth-order valence-corrected chi connectivity index (χ4v) is 4.67. The molecule has 1 atom stereocenters. The monoisotopic (exact) mass is 480 g/mol. The van der Waals surface area contributed by atoms with Gasteiger partial charge in [-0.05, 0) is 61.8 Å². The maximum atomic E-state index is 13.4. The summed E-state index contributed by atoms with van der Waals surface area (Å²) in [5.41, 5.74) is 3.09. The summed E-state index contributed by atoms with van der Waals surface area (Å²) >= 11 is 0. The molecule has 188 valence electrons. The van der Waals surface area contributed by atoms with Gasteiger partial charge in [-0.2, -0.15) is 0 Å². The molecule has 2 amide bonds. The lowest BCUT2D eigenvalue weighted by atomic mass is 9.98. The van der Waals surface area contributed by atoms with Gasteiger partial charge in [0.15, 0.2) is 0 Å². The van der Waals surface area contributed by atoms with Gasteiger partial charge in [0.05, 0.1) is 0 Å². The van der Waals surface area contributed by atoms with Crippen LogP contribution in [0.15, 0.2) is 48.5 Å². The standard InChI is InChI=1S/C28H36N2O5/c1-6-30(28(4,5)26(32)33)25(31)24(16-15-18(2)3)29-27(34)35-17-23-21-13-9-7-11-19(21)20-12-8-10-14-22(20)23/h7-14,18,23-24H,6,15-17H2,1-5H3,(H,29,34)(H,32,33). The second kappa shape index (κ2) is 10.9. The summed E-state index contributed by atoms with van der Waals surface area (Å²) in [6, 6.07) is 15.3. The Morgan fingerprint density at radius 2 is 1.54 bits per heavy atom. The van der Waals surface area contributed by atoms with Gasteiger partial charge in [-0.15, -0.1) is 0 Å². The summed E-state index contributed by atoms with van der Waals surface area (Å²) < 4.78 is 5.64. The molecule has 0 fully saturated rings. The number of hydrogen-bond acceptors (Lipinski definition) is 4. The van der Waals surface area contributed by atoms with Crippen LogP contribution in [0.4, 0.5) is 4.79 Å². The second-order valence-corrected chi connectivity index (χ2v) is 9.94. The quantitative estimate of drug-likeness (QED) is 0.497. The minimum Gasteiger partial charge on any atom is -0.480 e. The van der Waals surface area contributed by atoms with Crippen LogP contribution >= 0.6 is 0 Å². The topological polar surface area (TPSA) is 95.9 Å². The van der Waals surface area contributed by atoms with Crippen molar-refractivity contribution in [2.75, 3.05) is 13.2 Å². The largest absolute Gasteiger partial charge is 0.480 e. The van der Waals surface area contributed by atoms with Crippen molar-refractivity contribution in [3.63, 3.8) is 0 Å². The van der Waals surface area contributed by atoms with Crippen molar-refractivity contribution in [3.05, 3.63) is 59.7 Å². The van der Waals surface area contributed by atoms with E-state index in [1.807, 2.05) is 50.2 Å². The van der Waals surface area contributed by atoms with Gasteiger partial charge in [0.25, 0.3) is 0 Å². The first-order chi connectivity index (χ1) is 16.6. The van der Waals surface area contributed by atoms with Gasteiger partial charge in [-0.25, -0.2) is 9.59 Å². The lowest BCUT2D eigenvalue weighted by Gasteiger charge is -2.36. The number of fused-ring (bicyclic) bond motifs is 3. The number of rotatable bonds is 10. The van der Waals surface area contributed by atoms with E-state index in [4.69, 9.17) is 4.74 Å². The molecule has 7 nitrogen and oxygen atoms in total. The van der Waals surface area contributed by atoms with E-state index < -0.39 is 29.6 Å². The van der Waals surface area contributed by atoms with E-state index in [1.165, 1.54) is 18.7 Å². The van der Waals surface area contributed by atoms with Crippen LogP contribution in [-0.4, -0.2) is 52.7 Å². The average Bonchev–Trinajstić information content (AvgIpc) is 3.14. The molecule has 0 heterocycles. The first-order valence-electron chi connectivity index (χ1n) is 12.2. The molecule has 3 rings (SSSR count). The van der Waals surface area contributed by atoms with Crippen molar-refractivity contribution < 1.29 is 24.2 Å². The highest BCUT2D eigenvalue weighted by atomic mass is 16.5. The normalized spacial score (nSPS) is 13.7. The number of likely N-dealkylation sites (N-methyl/N-ethyl adjacent to an activating group) is 1. The summed E-state index contributed by atoms with van der Waals surface area (Å²) in [5.74, 6) is -1.29. The third-order valence-electron chi connectivity index (χ3n) is 6.75. The van der Waals surface area contributed by atoms with Gasteiger partial charge in [0, 0.05) is 12.5 Å². The first kappa shape index (κ1) is 26.3. The number of nitrogens with zero attached hydrogens (tertiary/aromatic N) is 1. The van der Waals surface area contributed by atoms with E-state index in [1.54, 1.807) is 6.92 Å². The van der Waals surface area contributed by atoms with E-state index in [0.717, 1.165) is 22.3 Å². The van der Waals surface area contributed by atoms with E-state index in [0.29, 0.717) is 18.8 Å². The molecule has 0 aromatic heterocycles. The Bertz CT molecular complexity index is 1030. The highest BCUT2D eigenvalue weighted by molar-refractivity contribution is 5.91. The van der Waals surface area contributed by atoms with Crippen LogP contribution in [0.1, 0.15) is 64.5 Å². The van der Waals surface area contributed by atoms with Crippen LogP contribution in [0, 0.1) is 5.92 Å². The number of aliphatic carboxylic acids is 1. The maximum absolute atomic E-state index is 13.4. The van der Waals surface area contributed by atoms with Crippen LogP contribution in [-0.2, 0) is 14.3 Å². The van der Waals surface area contributed by atoms with Gasteiger partial charge >= 0.3 is 12.1 Å². The van der Waals surface area contributed by atoms with Crippen molar-refractivity contribution in [3.8, 4) is 11.1 Å². The zero-order valence-corrected chi connectivity index (χ0v) is 21.2. The zero-order valence-electron chi connectivity index (χ0n) is 21.2. The predicted molar refractivity (Wildman–Crippen MR) is 135 cm³/mol. The molecule has 1 unspecified atom stereocenters. The fraction of sp³-hybridized carbons (Fsp3) is 0.464. The van der Waals surface area contributed by atoms with Gasteiger partial charge < -0.3 is 20.1 Å². The van der Waals surface area contributed by atoms with Gasteiger partial charge in [-0.1, -0.05) is 62.4 Å². The van der Waals surface area contributed by atoms with Crippen LogP contribution in [0.2, 0.25) is 0 Å². The summed E-state index contributed by atoms with van der Waals surface area (Å²) in [7, 11) is 0. The lowest BCUT2D eigenvalue weighted by Crippen LogP contribution is -2.58. The third kappa shape index (κ3) is 5.66. The number of alkyl carbamates (subject to hydrolysis) is 1. The Kier molecular flexibility index (Phi) is 8.20. The van der Waals surface area contributed by atoms with Crippen LogP contribution in [0.5, 0.6) is 0 Å². The molecule has 1 aliphatic carbocycles. The lowest BCUT2D eigenvalue weighted by molar-refractivity contribution is -0.157. The molecule has 0 saturated heterocycles. The Morgan fingerprint density at radius 3 is 2.03 bits per heavy atom. The number of amides is 2. The molecule has 0 aliphatic heterocycles. The molecule has 0 spiro atoms. The van der Waals surface area contributed by atoms with E-state index in [-0.39, 0.29) is 19.1 Å². The molecule has 2 aromatic rings. The number of benzene rings is 2. The summed E-state index contributed by atoms with van der Waals surface area (Å²) in [6.45, 7) is 9.13. The number of ether oxygens (including phenoxy) is 1. The molecule has 0 bridgehead atoms. The van der Waals surface area contributed by atoms with E-state index >= 15 is 0 Å². The van der Waals surface area contributed by atoms with Crippen molar-refractivity contribution in [1.29, 1.82) is 0 Å². The third-order valence-corrected chi connectivity index (χ3v) is 6.75. The zero-order chi connectivity index (χ0) is 25.8. The number of nitrogens with one attached hydrogen (secondary N) is 1.